The fraction of sp³-hybridized carbons (Fsp3) is 0.355. The number of benzene rings is 3. The van der Waals surface area contributed by atoms with Crippen LogP contribution in [0.1, 0.15) is 32.8 Å². The summed E-state index contributed by atoms with van der Waals surface area (Å²) in [6.45, 7) is 5.65. The zero-order valence-electron chi connectivity index (χ0n) is 24.5. The summed E-state index contributed by atoms with van der Waals surface area (Å²) in [7, 11) is -1.31. The molecular weight excluding hydrogens is 578 g/mol. The number of methoxy groups -OCH3 is 2. The molecule has 0 heterocycles. The van der Waals surface area contributed by atoms with Crippen LogP contribution in [0.4, 0.5) is 5.69 Å². The van der Waals surface area contributed by atoms with Gasteiger partial charge >= 0.3 is 0 Å². The Hall–Kier alpha value is -3.76. The second-order valence-corrected chi connectivity index (χ2v) is 12.4. The van der Waals surface area contributed by atoms with Crippen molar-refractivity contribution in [2.75, 3.05) is 31.6 Å². The van der Waals surface area contributed by atoms with E-state index >= 15 is 0 Å². The number of nitrogens with one attached hydrogen (secondary N) is 1. The molecule has 0 aromatic heterocycles. The van der Waals surface area contributed by atoms with Gasteiger partial charge in [-0.05, 0) is 60.4 Å². The molecule has 0 saturated heterocycles. The average Bonchev–Trinajstić information content (AvgIpc) is 2.99. The number of halogens is 1. The summed E-state index contributed by atoms with van der Waals surface area (Å²) in [5, 5.41) is 3.18. The maximum absolute atomic E-state index is 14.2. The summed E-state index contributed by atoms with van der Waals surface area (Å²) in [5.41, 5.74) is 0.816. The van der Waals surface area contributed by atoms with E-state index < -0.39 is 28.5 Å². The minimum absolute atomic E-state index is 0.0131. The SMILES string of the molecule is CC[C@@H](C(=O)NCC(C)C)N(Cc1cccc(OC)c1)C(=O)CN(c1cc(Cl)ccc1OC)S(=O)(=O)c1ccccc1. The third kappa shape index (κ3) is 8.17. The van der Waals surface area contributed by atoms with Crippen LogP contribution in [0.25, 0.3) is 0 Å². The lowest BCUT2D eigenvalue weighted by atomic mass is 10.1. The molecule has 9 nitrogen and oxygen atoms in total. The number of sulfonamides is 1. The van der Waals surface area contributed by atoms with Crippen LogP contribution in [0, 0.1) is 5.92 Å². The van der Waals surface area contributed by atoms with Crippen molar-refractivity contribution in [2.24, 2.45) is 5.92 Å². The van der Waals surface area contributed by atoms with Crippen LogP contribution in [-0.4, -0.2) is 58.5 Å². The van der Waals surface area contributed by atoms with Gasteiger partial charge in [0.15, 0.2) is 0 Å². The number of carbonyl (C=O) groups is 2. The summed E-state index contributed by atoms with van der Waals surface area (Å²) in [6, 6.07) is 18.7. The van der Waals surface area contributed by atoms with Crippen molar-refractivity contribution < 1.29 is 27.5 Å². The minimum atomic E-state index is -4.26. The molecule has 3 aromatic carbocycles. The number of hydrogen-bond donors (Lipinski definition) is 1. The van der Waals surface area contributed by atoms with Crippen molar-refractivity contribution in [3.8, 4) is 11.5 Å². The van der Waals surface area contributed by atoms with E-state index in [2.05, 4.69) is 5.32 Å². The summed E-state index contributed by atoms with van der Waals surface area (Å²) >= 11 is 6.29. The molecule has 3 aromatic rings. The van der Waals surface area contributed by atoms with Crippen molar-refractivity contribution >= 4 is 39.1 Å². The molecule has 0 radical (unpaired) electrons. The van der Waals surface area contributed by atoms with Crippen LogP contribution in [0.15, 0.2) is 77.7 Å². The van der Waals surface area contributed by atoms with Crippen molar-refractivity contribution in [1.82, 2.24) is 10.2 Å². The number of ether oxygens (including phenoxy) is 2. The molecule has 0 fully saturated rings. The fourth-order valence-corrected chi connectivity index (χ4v) is 6.00. The summed E-state index contributed by atoms with van der Waals surface area (Å²) in [4.78, 5) is 29.0. The Bertz CT molecular complexity index is 1470. The largest absolute Gasteiger partial charge is 0.497 e. The number of amides is 2. The summed E-state index contributed by atoms with van der Waals surface area (Å²) in [6.07, 6.45) is 0.311. The molecule has 0 spiro atoms. The standard InChI is InChI=1S/C31H38ClN3O6S/c1-6-27(31(37)33-19-22(2)3)34(20-23-11-10-12-25(17-23)40-4)30(36)21-35(28-18-24(32)15-16-29(28)41-5)42(38,39)26-13-8-7-9-14-26/h7-18,22,27H,6,19-21H2,1-5H3,(H,33,37)/t27-/m0/s1. The van der Waals surface area contributed by atoms with Gasteiger partial charge in [-0.3, -0.25) is 13.9 Å². The Labute approximate surface area is 253 Å². The zero-order chi connectivity index (χ0) is 30.9. The van der Waals surface area contributed by atoms with Crippen LogP contribution in [0.3, 0.4) is 0 Å². The molecule has 0 aliphatic carbocycles. The van der Waals surface area contributed by atoms with Crippen molar-refractivity contribution in [3.05, 3.63) is 83.4 Å². The topological polar surface area (TPSA) is 105 Å². The quantitative estimate of drug-likeness (QED) is 0.270. The smallest absolute Gasteiger partial charge is 0.264 e. The van der Waals surface area contributed by atoms with Gasteiger partial charge < -0.3 is 19.7 Å². The van der Waals surface area contributed by atoms with E-state index in [1.165, 1.54) is 36.3 Å². The molecule has 0 aliphatic rings. The van der Waals surface area contributed by atoms with Crippen LogP contribution < -0.4 is 19.1 Å². The highest BCUT2D eigenvalue weighted by Gasteiger charge is 2.35. The number of hydrogen-bond acceptors (Lipinski definition) is 6. The Balaban J connectivity index is 2.11. The normalized spacial score (nSPS) is 12.0. The molecule has 0 aliphatic heterocycles. The highest BCUT2D eigenvalue weighted by molar-refractivity contribution is 7.92. The molecule has 11 heteroatoms. The lowest BCUT2D eigenvalue weighted by Crippen LogP contribution is -2.52. The second-order valence-electron chi connectivity index (χ2n) is 10.1. The van der Waals surface area contributed by atoms with E-state index in [4.69, 9.17) is 21.1 Å². The molecular formula is C31H38ClN3O6S. The lowest BCUT2D eigenvalue weighted by molar-refractivity contribution is -0.140. The average molecular weight is 616 g/mol. The molecule has 1 atom stereocenters. The lowest BCUT2D eigenvalue weighted by Gasteiger charge is -2.33. The van der Waals surface area contributed by atoms with Gasteiger partial charge in [-0.1, -0.05) is 62.7 Å². The van der Waals surface area contributed by atoms with Crippen LogP contribution >= 0.6 is 11.6 Å². The van der Waals surface area contributed by atoms with Gasteiger partial charge in [-0.2, -0.15) is 0 Å². The monoisotopic (exact) mass is 615 g/mol. The first-order valence-corrected chi connectivity index (χ1v) is 15.4. The number of rotatable bonds is 14. The van der Waals surface area contributed by atoms with Crippen LogP contribution in [0.2, 0.25) is 5.02 Å². The molecule has 42 heavy (non-hydrogen) atoms. The Morgan fingerprint density at radius 3 is 2.29 bits per heavy atom. The number of carbonyl (C=O) groups excluding carboxylic acids is 2. The molecule has 0 unspecified atom stereocenters. The van der Waals surface area contributed by atoms with Crippen molar-refractivity contribution in [2.45, 2.75) is 44.7 Å². The second kappa shape index (κ2) is 14.9. The van der Waals surface area contributed by atoms with E-state index in [1.54, 1.807) is 49.6 Å². The predicted octanol–water partition coefficient (Wildman–Crippen LogP) is 5.13. The maximum atomic E-state index is 14.2. The third-order valence-corrected chi connectivity index (χ3v) is 8.59. The molecule has 1 N–H and O–H groups in total. The van der Waals surface area contributed by atoms with Crippen molar-refractivity contribution in [3.63, 3.8) is 0 Å². The van der Waals surface area contributed by atoms with Gasteiger partial charge in [0.25, 0.3) is 10.0 Å². The van der Waals surface area contributed by atoms with Gasteiger partial charge in [0.05, 0.1) is 24.8 Å². The fourth-order valence-electron chi connectivity index (χ4n) is 4.40. The van der Waals surface area contributed by atoms with Gasteiger partial charge in [-0.15, -0.1) is 0 Å². The summed E-state index contributed by atoms with van der Waals surface area (Å²) in [5.74, 6) is 0.115. The minimum Gasteiger partial charge on any atom is -0.497 e. The highest BCUT2D eigenvalue weighted by Crippen LogP contribution is 2.35. The molecule has 3 rings (SSSR count). The first kappa shape index (κ1) is 32.8. The zero-order valence-corrected chi connectivity index (χ0v) is 26.1. The molecule has 226 valence electrons. The van der Waals surface area contributed by atoms with E-state index in [0.29, 0.717) is 18.7 Å². The van der Waals surface area contributed by atoms with Crippen molar-refractivity contribution in [1.29, 1.82) is 0 Å². The van der Waals surface area contributed by atoms with E-state index in [9.17, 15) is 18.0 Å². The number of anilines is 1. The number of nitrogens with zero attached hydrogens (tertiary/aromatic N) is 2. The predicted molar refractivity (Wildman–Crippen MR) is 164 cm³/mol. The first-order chi connectivity index (χ1) is 20.0. The van der Waals surface area contributed by atoms with E-state index in [-0.39, 0.29) is 39.7 Å². The van der Waals surface area contributed by atoms with E-state index in [0.717, 1.165) is 9.87 Å². The van der Waals surface area contributed by atoms with Gasteiger partial charge in [0, 0.05) is 18.1 Å². The summed E-state index contributed by atoms with van der Waals surface area (Å²) < 4.78 is 39.8. The maximum Gasteiger partial charge on any atom is 0.264 e. The van der Waals surface area contributed by atoms with E-state index in [1.807, 2.05) is 26.8 Å². The third-order valence-electron chi connectivity index (χ3n) is 6.58. The Kier molecular flexibility index (Phi) is 11.6. The molecule has 0 bridgehead atoms. The Morgan fingerprint density at radius 2 is 1.67 bits per heavy atom. The molecule has 2 amide bonds. The first-order valence-electron chi connectivity index (χ1n) is 13.6. The van der Waals surface area contributed by atoms with Crippen LogP contribution in [-0.2, 0) is 26.2 Å². The highest BCUT2D eigenvalue weighted by atomic mass is 35.5. The van der Waals surface area contributed by atoms with Crippen LogP contribution in [0.5, 0.6) is 11.5 Å². The Morgan fingerprint density at radius 1 is 0.952 bits per heavy atom. The van der Waals surface area contributed by atoms with Gasteiger partial charge in [0.1, 0.15) is 24.1 Å². The van der Waals surface area contributed by atoms with Gasteiger partial charge in [0.2, 0.25) is 11.8 Å². The molecule has 0 saturated carbocycles. The van der Waals surface area contributed by atoms with Gasteiger partial charge in [-0.25, -0.2) is 8.42 Å².